The third-order valence-corrected chi connectivity index (χ3v) is 6.76. The molecule has 4 saturated heterocycles. The number of anilines is 2. The van der Waals surface area contributed by atoms with Crippen molar-refractivity contribution in [2.45, 2.75) is 49.9 Å². The highest BCUT2D eigenvalue weighted by molar-refractivity contribution is 6.33. The average Bonchev–Trinajstić information content (AvgIpc) is 3.14. The van der Waals surface area contributed by atoms with Crippen LogP contribution in [0.2, 0.25) is 21.1 Å². The molecule has 4 unspecified atom stereocenters. The molecule has 4 aliphatic heterocycles. The van der Waals surface area contributed by atoms with Gasteiger partial charge in [-0.3, -0.25) is 0 Å². The van der Waals surface area contributed by atoms with Gasteiger partial charge in [0.05, 0.1) is 50.6 Å². The third-order valence-electron chi connectivity index (χ3n) is 6.08. The lowest BCUT2D eigenvalue weighted by atomic mass is 10.2. The molecule has 14 heteroatoms. The fourth-order valence-electron chi connectivity index (χ4n) is 4.77. The van der Waals surface area contributed by atoms with E-state index >= 15 is 0 Å². The molecule has 2 aromatic rings. The minimum Gasteiger partial charge on any atom is -0.377 e. The van der Waals surface area contributed by atoms with Crippen LogP contribution in [-0.4, -0.2) is 80.5 Å². The Hall–Kier alpha value is -1.30. The predicted molar refractivity (Wildman–Crippen MR) is 120 cm³/mol. The minimum atomic E-state index is 0.000000000000000444. The molecule has 0 N–H and O–H groups in total. The molecular weight excluding hydrogens is 502 g/mol. The zero-order valence-corrected chi connectivity index (χ0v) is 19.9. The van der Waals surface area contributed by atoms with Crippen LogP contribution in [0.25, 0.3) is 0 Å². The topological polar surface area (TPSA) is 102 Å². The number of nitrogens with zero attached hydrogens (tertiary/aromatic N) is 8. The highest BCUT2D eigenvalue weighted by Crippen LogP contribution is 2.36. The fourth-order valence-corrected chi connectivity index (χ4v) is 5.54. The van der Waals surface area contributed by atoms with Crippen molar-refractivity contribution < 1.29 is 9.47 Å². The van der Waals surface area contributed by atoms with Gasteiger partial charge >= 0.3 is 0 Å². The van der Waals surface area contributed by atoms with Crippen molar-refractivity contribution in [3.8, 4) is 0 Å². The van der Waals surface area contributed by atoms with E-state index in [4.69, 9.17) is 60.9 Å². The zero-order valence-electron chi connectivity index (χ0n) is 16.9. The molecule has 4 atom stereocenters. The third kappa shape index (κ3) is 4.67. The molecule has 0 aromatic carbocycles. The van der Waals surface area contributed by atoms with Gasteiger partial charge < -0.3 is 19.3 Å². The Bertz CT molecular complexity index is 857. The van der Waals surface area contributed by atoms with Crippen molar-refractivity contribution in [2.75, 3.05) is 36.2 Å². The Morgan fingerprint density at radius 1 is 0.500 bits per heavy atom. The molecule has 0 radical (unpaired) electrons. The van der Waals surface area contributed by atoms with Gasteiger partial charge in [0.25, 0.3) is 0 Å². The molecule has 4 aliphatic rings. The summed E-state index contributed by atoms with van der Waals surface area (Å²) in [7, 11) is 0. The quantitative estimate of drug-likeness (QED) is 0.585. The summed E-state index contributed by atoms with van der Waals surface area (Å²) in [4.78, 5) is 28.6. The maximum atomic E-state index is 6.24. The van der Waals surface area contributed by atoms with E-state index < -0.39 is 0 Å². The van der Waals surface area contributed by atoms with Crippen LogP contribution in [0.15, 0.2) is 0 Å². The van der Waals surface area contributed by atoms with E-state index in [1.54, 1.807) is 0 Å². The molecule has 0 aliphatic carbocycles. The van der Waals surface area contributed by atoms with Crippen LogP contribution in [0.1, 0.15) is 25.7 Å². The summed E-state index contributed by atoms with van der Waals surface area (Å²) >= 11 is 22.2. The van der Waals surface area contributed by atoms with E-state index in [0.29, 0.717) is 36.1 Å². The number of aromatic nitrogens is 6. The smallest absolute Gasteiger partial charge is 0.232 e. The lowest BCUT2D eigenvalue weighted by Gasteiger charge is -2.37. The summed E-state index contributed by atoms with van der Waals surface area (Å²) in [5.41, 5.74) is 0. The van der Waals surface area contributed by atoms with E-state index in [0.717, 1.165) is 52.1 Å². The van der Waals surface area contributed by atoms with Gasteiger partial charge in [-0.1, -0.05) is 0 Å². The van der Waals surface area contributed by atoms with Gasteiger partial charge in [0, 0.05) is 0 Å². The summed E-state index contributed by atoms with van der Waals surface area (Å²) in [5, 5.41) is 0.279. The van der Waals surface area contributed by atoms with Crippen molar-refractivity contribution >= 4 is 58.3 Å². The highest BCUT2D eigenvalue weighted by atomic mass is 35.5. The Labute approximate surface area is 204 Å². The summed E-state index contributed by atoms with van der Waals surface area (Å²) < 4.78 is 11.3. The standard InChI is InChI=1S/C15H20ClN5O2.C3Cl3N3/c16-13-17-14(20-9-1-2-10(20)6-22-5-9)19-15(18-13)21-11-3-4-12(21)8-23-7-11;4-1-7-2(5)9-3(6)8-1/h9-12H,1-8H2;. The van der Waals surface area contributed by atoms with Gasteiger partial charge in [-0.25, -0.2) is 0 Å². The Balaban J connectivity index is 0.000000203. The van der Waals surface area contributed by atoms with Gasteiger partial charge in [0.15, 0.2) is 0 Å². The first-order chi connectivity index (χ1) is 15.5. The number of halogens is 4. The molecule has 10 nitrogen and oxygen atoms in total. The first-order valence-corrected chi connectivity index (χ1v) is 11.9. The van der Waals surface area contributed by atoms with Gasteiger partial charge in [0.1, 0.15) is 0 Å². The second-order valence-electron chi connectivity index (χ2n) is 8.01. The predicted octanol–water partition coefficient (Wildman–Crippen LogP) is 3.09. The molecule has 0 spiro atoms. The summed E-state index contributed by atoms with van der Waals surface area (Å²) in [5.74, 6) is 1.42. The van der Waals surface area contributed by atoms with Crippen LogP contribution in [0.3, 0.4) is 0 Å². The Kier molecular flexibility index (Phi) is 6.69. The van der Waals surface area contributed by atoms with Gasteiger partial charge in [-0.15, -0.1) is 0 Å². The van der Waals surface area contributed by atoms with Crippen LogP contribution in [0.4, 0.5) is 11.9 Å². The van der Waals surface area contributed by atoms with E-state index in [1.165, 1.54) is 0 Å². The number of hydrogen-bond donors (Lipinski definition) is 0. The SMILES string of the molecule is Clc1nc(Cl)nc(Cl)n1.Clc1nc(N2C3CCC2COC3)nc(N2C3CCC2COC3)n1. The largest absolute Gasteiger partial charge is 0.377 e. The maximum Gasteiger partial charge on any atom is 0.232 e. The van der Waals surface area contributed by atoms with E-state index in [-0.39, 0.29) is 21.1 Å². The molecule has 2 aromatic heterocycles. The molecule has 6 rings (SSSR count). The van der Waals surface area contributed by atoms with Crippen LogP contribution in [0.5, 0.6) is 0 Å². The van der Waals surface area contributed by atoms with E-state index in [1.807, 2.05) is 0 Å². The van der Waals surface area contributed by atoms with Crippen LogP contribution in [0, 0.1) is 0 Å². The van der Waals surface area contributed by atoms with Crippen molar-refractivity contribution in [1.29, 1.82) is 0 Å². The molecule has 4 fully saturated rings. The van der Waals surface area contributed by atoms with Crippen molar-refractivity contribution in [1.82, 2.24) is 29.9 Å². The minimum absolute atomic E-state index is 0.000000000000000444. The fraction of sp³-hybridized carbons (Fsp3) is 0.667. The second kappa shape index (κ2) is 9.52. The number of rotatable bonds is 2. The number of ether oxygens (including phenoxy) is 2. The Morgan fingerprint density at radius 3 is 1.16 bits per heavy atom. The summed E-state index contributed by atoms with van der Waals surface area (Å²) in [6.45, 7) is 2.99. The number of morpholine rings is 2. The lowest BCUT2D eigenvalue weighted by molar-refractivity contribution is 0.0884. The van der Waals surface area contributed by atoms with Gasteiger partial charge in [-0.05, 0) is 72.1 Å². The first kappa shape index (κ1) is 22.5. The van der Waals surface area contributed by atoms with Crippen LogP contribution >= 0.6 is 46.4 Å². The van der Waals surface area contributed by atoms with Crippen LogP contribution < -0.4 is 9.80 Å². The van der Waals surface area contributed by atoms with Gasteiger partial charge in [0.2, 0.25) is 33.0 Å². The van der Waals surface area contributed by atoms with Gasteiger partial charge in [-0.2, -0.15) is 29.9 Å². The molecule has 0 saturated carbocycles. The van der Waals surface area contributed by atoms with Crippen molar-refractivity contribution in [3.05, 3.63) is 21.1 Å². The van der Waals surface area contributed by atoms with Crippen LogP contribution in [-0.2, 0) is 9.47 Å². The molecule has 6 heterocycles. The monoisotopic (exact) mass is 520 g/mol. The number of hydrogen-bond acceptors (Lipinski definition) is 10. The zero-order chi connectivity index (χ0) is 22.2. The molecular formula is C18H20Cl4N8O2. The summed E-state index contributed by atoms with van der Waals surface area (Å²) in [6, 6.07) is 1.45. The summed E-state index contributed by atoms with van der Waals surface area (Å²) in [6.07, 6.45) is 4.52. The second-order valence-corrected chi connectivity index (χ2v) is 9.36. The normalized spacial score (nSPS) is 28.5. The number of fused-ring (bicyclic) bond motifs is 4. The van der Waals surface area contributed by atoms with Crippen molar-refractivity contribution in [2.24, 2.45) is 0 Å². The molecule has 32 heavy (non-hydrogen) atoms. The molecule has 4 bridgehead atoms. The van der Waals surface area contributed by atoms with E-state index in [9.17, 15) is 0 Å². The average molecular weight is 522 g/mol. The Morgan fingerprint density at radius 2 is 0.812 bits per heavy atom. The lowest BCUT2D eigenvalue weighted by Crippen LogP contribution is -2.48. The first-order valence-electron chi connectivity index (χ1n) is 10.3. The van der Waals surface area contributed by atoms with E-state index in [2.05, 4.69) is 34.7 Å². The molecule has 172 valence electrons. The van der Waals surface area contributed by atoms with Crippen molar-refractivity contribution in [3.63, 3.8) is 0 Å². The molecule has 0 amide bonds. The maximum absolute atomic E-state index is 6.24. The highest BCUT2D eigenvalue weighted by Gasteiger charge is 2.42.